The van der Waals surface area contributed by atoms with Crippen molar-refractivity contribution in [2.24, 2.45) is 0 Å². The van der Waals surface area contributed by atoms with Crippen molar-refractivity contribution in [1.29, 1.82) is 0 Å². The summed E-state index contributed by atoms with van der Waals surface area (Å²) in [6.07, 6.45) is 4.04. The van der Waals surface area contributed by atoms with E-state index in [0.29, 0.717) is 106 Å². The van der Waals surface area contributed by atoms with Gasteiger partial charge in [0.2, 0.25) is 5.78 Å². The number of aliphatic carboxylic acids is 1. The number of ketones is 1. The number of carbonyl (C=O) groups is 4. The normalized spacial score (nSPS) is 11.0. The zero-order chi connectivity index (χ0) is 33.1. The molecule has 0 aromatic carbocycles. The molecule has 0 amide bonds. The molecule has 0 spiro atoms. The van der Waals surface area contributed by atoms with E-state index in [1.165, 1.54) is 0 Å². The van der Waals surface area contributed by atoms with Crippen LogP contribution >= 0.6 is 0 Å². The van der Waals surface area contributed by atoms with Gasteiger partial charge in [-0.15, -0.1) is 0 Å². The number of Topliss-reactive ketones (excluding diaryl/α,β-unsaturated/α-hetero) is 1. The SMILES string of the molecule is CCCCCCC(=O)OCCOCCOCCOCCOCCOCCOCCOCCOCCOC(=O)CCC(=O)C(=O)O. The zero-order valence-corrected chi connectivity index (χ0v) is 26.8. The lowest BCUT2D eigenvalue weighted by atomic mass is 10.2. The van der Waals surface area contributed by atoms with Crippen molar-refractivity contribution in [2.75, 3.05) is 119 Å². The summed E-state index contributed by atoms with van der Waals surface area (Å²) in [4.78, 5) is 44.1. The van der Waals surface area contributed by atoms with Gasteiger partial charge in [0.25, 0.3) is 0 Å². The highest BCUT2D eigenvalue weighted by atomic mass is 16.6. The number of ether oxygens (including phenoxy) is 10. The monoisotopic (exact) mass is 654 g/mol. The standard InChI is InChI=1S/C30H54O15/c1-2-3-4-5-6-28(32)44-25-23-42-21-19-40-17-15-38-13-11-36-9-10-37-12-14-39-16-18-41-20-22-43-24-26-45-29(33)8-7-27(31)30(34)35/h2-26H2,1H3,(H,34,35). The number of hydrogen-bond acceptors (Lipinski definition) is 14. The minimum atomic E-state index is -1.56. The maximum absolute atomic E-state index is 11.5. The van der Waals surface area contributed by atoms with Crippen molar-refractivity contribution in [1.82, 2.24) is 0 Å². The van der Waals surface area contributed by atoms with Crippen molar-refractivity contribution in [3.63, 3.8) is 0 Å². The van der Waals surface area contributed by atoms with Crippen molar-refractivity contribution in [3.05, 3.63) is 0 Å². The van der Waals surface area contributed by atoms with Gasteiger partial charge in [-0.3, -0.25) is 14.4 Å². The van der Waals surface area contributed by atoms with Gasteiger partial charge in [0.15, 0.2) is 0 Å². The summed E-state index contributed by atoms with van der Waals surface area (Å²) in [6.45, 7) is 8.94. The van der Waals surface area contributed by atoms with Crippen LogP contribution < -0.4 is 0 Å². The fraction of sp³-hybridized carbons (Fsp3) is 0.867. The van der Waals surface area contributed by atoms with E-state index in [4.69, 9.17) is 52.5 Å². The van der Waals surface area contributed by atoms with Crippen LogP contribution in [0.3, 0.4) is 0 Å². The highest BCUT2D eigenvalue weighted by Crippen LogP contribution is 2.03. The molecule has 0 saturated heterocycles. The first-order chi connectivity index (χ1) is 22.0. The molecule has 0 atom stereocenters. The van der Waals surface area contributed by atoms with E-state index in [1.807, 2.05) is 0 Å². The molecule has 0 unspecified atom stereocenters. The molecule has 0 heterocycles. The molecule has 0 aromatic rings. The van der Waals surface area contributed by atoms with Crippen LogP contribution in [0, 0.1) is 0 Å². The first-order valence-electron chi connectivity index (χ1n) is 15.7. The smallest absolute Gasteiger partial charge is 0.372 e. The molecule has 0 radical (unpaired) electrons. The van der Waals surface area contributed by atoms with E-state index in [9.17, 15) is 19.2 Å². The van der Waals surface area contributed by atoms with Gasteiger partial charge >= 0.3 is 17.9 Å². The third-order valence-electron chi connectivity index (χ3n) is 5.61. The third-order valence-corrected chi connectivity index (χ3v) is 5.61. The maximum Gasteiger partial charge on any atom is 0.372 e. The van der Waals surface area contributed by atoms with Crippen LogP contribution in [0.4, 0.5) is 0 Å². The van der Waals surface area contributed by atoms with Crippen LogP contribution in [0.5, 0.6) is 0 Å². The van der Waals surface area contributed by atoms with Gasteiger partial charge in [0, 0.05) is 12.8 Å². The molecule has 15 heteroatoms. The fourth-order valence-electron chi connectivity index (χ4n) is 3.23. The molecule has 0 rings (SSSR count). The van der Waals surface area contributed by atoms with Gasteiger partial charge in [-0.05, 0) is 6.42 Å². The average molecular weight is 655 g/mol. The predicted molar refractivity (Wildman–Crippen MR) is 159 cm³/mol. The number of rotatable bonds is 36. The second kappa shape index (κ2) is 34.6. The van der Waals surface area contributed by atoms with Gasteiger partial charge < -0.3 is 52.5 Å². The first kappa shape index (κ1) is 42.8. The molecule has 264 valence electrons. The van der Waals surface area contributed by atoms with Crippen LogP contribution in [0.25, 0.3) is 0 Å². The second-order valence-corrected chi connectivity index (χ2v) is 9.38. The molecule has 0 bridgehead atoms. The van der Waals surface area contributed by atoms with Crippen LogP contribution in [0.2, 0.25) is 0 Å². The summed E-state index contributed by atoms with van der Waals surface area (Å²) < 4.78 is 53.0. The van der Waals surface area contributed by atoms with Gasteiger partial charge in [-0.2, -0.15) is 0 Å². The van der Waals surface area contributed by atoms with Crippen molar-refractivity contribution >= 4 is 23.7 Å². The molecule has 0 saturated carbocycles. The van der Waals surface area contributed by atoms with E-state index in [1.54, 1.807) is 0 Å². The lowest BCUT2D eigenvalue weighted by molar-refractivity contribution is -0.151. The maximum atomic E-state index is 11.5. The van der Waals surface area contributed by atoms with Crippen LogP contribution in [0.1, 0.15) is 51.9 Å². The van der Waals surface area contributed by atoms with Crippen molar-refractivity contribution < 1.29 is 71.7 Å². The average Bonchev–Trinajstić information content (AvgIpc) is 3.03. The lowest BCUT2D eigenvalue weighted by Gasteiger charge is -2.09. The molecule has 0 aliphatic rings. The Bertz CT molecular complexity index is 719. The first-order valence-corrected chi connectivity index (χ1v) is 15.7. The van der Waals surface area contributed by atoms with Gasteiger partial charge in [0.1, 0.15) is 13.2 Å². The van der Waals surface area contributed by atoms with E-state index < -0.39 is 17.7 Å². The summed E-state index contributed by atoms with van der Waals surface area (Å²) in [5.41, 5.74) is 0. The molecule has 45 heavy (non-hydrogen) atoms. The number of esters is 2. The van der Waals surface area contributed by atoms with E-state index in [2.05, 4.69) is 6.92 Å². The Balaban J connectivity index is 3.16. The quantitative estimate of drug-likeness (QED) is 0.0584. The molecular weight excluding hydrogens is 600 g/mol. The number of carboxylic acid groups (broad SMARTS) is 1. The number of hydrogen-bond donors (Lipinski definition) is 1. The molecule has 0 fully saturated rings. The summed E-state index contributed by atoms with van der Waals surface area (Å²) >= 11 is 0. The highest BCUT2D eigenvalue weighted by Gasteiger charge is 2.14. The Kier molecular flexibility index (Phi) is 32.9. The van der Waals surface area contributed by atoms with Gasteiger partial charge in [-0.1, -0.05) is 26.2 Å². The Morgan fingerprint density at radius 3 is 1.02 bits per heavy atom. The number of unbranched alkanes of at least 4 members (excludes halogenated alkanes) is 3. The molecule has 1 N–H and O–H groups in total. The summed E-state index contributed by atoms with van der Waals surface area (Å²) in [5, 5.41) is 8.43. The minimum absolute atomic E-state index is 0.0119. The number of carbonyl (C=O) groups excluding carboxylic acids is 3. The molecular formula is C30H54O15. The molecule has 15 nitrogen and oxygen atoms in total. The van der Waals surface area contributed by atoms with E-state index >= 15 is 0 Å². The van der Waals surface area contributed by atoms with Crippen LogP contribution in [-0.2, 0) is 66.5 Å². The van der Waals surface area contributed by atoms with Crippen LogP contribution in [0.15, 0.2) is 0 Å². The highest BCUT2D eigenvalue weighted by molar-refractivity contribution is 6.32. The van der Waals surface area contributed by atoms with E-state index in [-0.39, 0.29) is 38.6 Å². The predicted octanol–water partition coefficient (Wildman–Crippen LogP) is 1.61. The minimum Gasteiger partial charge on any atom is -0.476 e. The summed E-state index contributed by atoms with van der Waals surface area (Å²) in [6, 6.07) is 0. The zero-order valence-electron chi connectivity index (χ0n) is 26.8. The molecule has 0 aromatic heterocycles. The molecule has 0 aliphatic carbocycles. The Labute approximate surface area is 266 Å². The van der Waals surface area contributed by atoms with Gasteiger partial charge in [-0.25, -0.2) is 4.79 Å². The Hall–Kier alpha value is -2.24. The summed E-state index contributed by atoms with van der Waals surface area (Å²) in [5.74, 6) is -3.41. The van der Waals surface area contributed by atoms with Gasteiger partial charge in [0.05, 0.1) is 112 Å². The topological polar surface area (TPSA) is 181 Å². The van der Waals surface area contributed by atoms with E-state index in [0.717, 1.165) is 25.7 Å². The third kappa shape index (κ3) is 34.5. The van der Waals surface area contributed by atoms with Crippen molar-refractivity contribution in [3.8, 4) is 0 Å². The molecule has 0 aliphatic heterocycles. The van der Waals surface area contributed by atoms with Crippen molar-refractivity contribution in [2.45, 2.75) is 51.9 Å². The fourth-order valence-corrected chi connectivity index (χ4v) is 3.23. The summed E-state index contributed by atoms with van der Waals surface area (Å²) in [7, 11) is 0. The number of carboxylic acids is 1. The van der Waals surface area contributed by atoms with Crippen LogP contribution in [-0.4, -0.2) is 148 Å². The second-order valence-electron chi connectivity index (χ2n) is 9.38. The largest absolute Gasteiger partial charge is 0.476 e. The Morgan fingerprint density at radius 1 is 0.400 bits per heavy atom. The lowest BCUT2D eigenvalue weighted by Crippen LogP contribution is -2.17. The Morgan fingerprint density at radius 2 is 0.711 bits per heavy atom.